The first-order valence-electron chi connectivity index (χ1n) is 2.79. The van der Waals surface area contributed by atoms with Gasteiger partial charge in [0.15, 0.2) is 12.6 Å². The van der Waals surface area contributed by atoms with Gasteiger partial charge in [-0.3, -0.25) is 0 Å². The van der Waals surface area contributed by atoms with Crippen LogP contribution in [-0.4, -0.2) is 23.9 Å². The second-order valence-electron chi connectivity index (χ2n) is 3.12. The monoisotopic (exact) mass is 96.1 g/mol. The summed E-state index contributed by atoms with van der Waals surface area (Å²) < 4.78 is 2.18. The molecule has 0 bridgehead atoms. The predicted molar refractivity (Wildman–Crippen MR) is 28.8 cm³/mol. The van der Waals surface area contributed by atoms with Crippen molar-refractivity contribution in [2.75, 3.05) is 6.54 Å². The molecule has 2 fully saturated rings. The summed E-state index contributed by atoms with van der Waals surface area (Å²) in [5.41, 5.74) is 0.724. The topological polar surface area (TPSA) is 3.01 Å². The SMILES string of the molecule is C=[N+]1CC2(C)CC12. The van der Waals surface area contributed by atoms with Crippen molar-refractivity contribution in [3.8, 4) is 0 Å². The zero-order valence-corrected chi connectivity index (χ0v) is 4.65. The van der Waals surface area contributed by atoms with Crippen LogP contribution < -0.4 is 0 Å². The summed E-state index contributed by atoms with van der Waals surface area (Å²) in [4.78, 5) is 0. The molecule has 0 spiro atoms. The molecule has 1 heteroatoms. The van der Waals surface area contributed by atoms with Crippen LogP contribution >= 0.6 is 0 Å². The van der Waals surface area contributed by atoms with E-state index in [0.29, 0.717) is 0 Å². The van der Waals surface area contributed by atoms with Gasteiger partial charge < -0.3 is 0 Å². The summed E-state index contributed by atoms with van der Waals surface area (Å²) in [7, 11) is 0. The van der Waals surface area contributed by atoms with Crippen LogP contribution in [0.4, 0.5) is 0 Å². The van der Waals surface area contributed by atoms with Crippen molar-refractivity contribution < 1.29 is 4.58 Å². The number of fused-ring (bicyclic) bond motifs is 1. The van der Waals surface area contributed by atoms with Crippen molar-refractivity contribution in [1.29, 1.82) is 0 Å². The van der Waals surface area contributed by atoms with Crippen LogP contribution in [0.1, 0.15) is 13.3 Å². The Balaban J connectivity index is 2.25. The first kappa shape index (κ1) is 3.65. The minimum absolute atomic E-state index is 0.724. The van der Waals surface area contributed by atoms with E-state index in [2.05, 4.69) is 18.2 Å². The third kappa shape index (κ3) is 0.245. The molecule has 7 heavy (non-hydrogen) atoms. The molecule has 2 unspecified atom stereocenters. The Morgan fingerprint density at radius 1 is 1.86 bits per heavy atom. The molecule has 2 atom stereocenters. The summed E-state index contributed by atoms with van der Waals surface area (Å²) >= 11 is 0. The zero-order valence-electron chi connectivity index (χ0n) is 4.65. The molecule has 2 rings (SSSR count). The van der Waals surface area contributed by atoms with E-state index in [4.69, 9.17) is 0 Å². The fraction of sp³-hybridized carbons (Fsp3) is 0.833. The fourth-order valence-electron chi connectivity index (χ4n) is 1.58. The molecular formula is C6H10N+. The first-order chi connectivity index (χ1) is 3.22. The van der Waals surface area contributed by atoms with Crippen LogP contribution in [0.3, 0.4) is 0 Å². The van der Waals surface area contributed by atoms with Gasteiger partial charge in [0.25, 0.3) is 0 Å². The number of nitrogens with zero attached hydrogens (tertiary/aromatic N) is 1. The molecule has 0 aromatic heterocycles. The van der Waals surface area contributed by atoms with Crippen molar-refractivity contribution in [3.05, 3.63) is 0 Å². The molecule has 0 N–H and O–H groups in total. The molecule has 0 amide bonds. The van der Waals surface area contributed by atoms with Crippen molar-refractivity contribution in [2.24, 2.45) is 5.41 Å². The van der Waals surface area contributed by atoms with Crippen molar-refractivity contribution in [1.82, 2.24) is 0 Å². The standard InChI is InChI=1S/C6H10N/c1-6-3-5(6)7(2)4-6/h5H,2-4H2,1H3/q+1. The Kier molecular flexibility index (Phi) is 0.345. The first-order valence-corrected chi connectivity index (χ1v) is 2.79. The largest absolute Gasteiger partial charge is 0.238 e. The van der Waals surface area contributed by atoms with E-state index in [1.807, 2.05) is 0 Å². The van der Waals surface area contributed by atoms with Gasteiger partial charge in [-0.2, -0.15) is 0 Å². The number of hydrogen-bond acceptors (Lipinski definition) is 0. The maximum atomic E-state index is 3.84. The molecule has 0 aromatic rings. The second kappa shape index (κ2) is 0.662. The molecule has 0 radical (unpaired) electrons. The Labute approximate surface area is 43.7 Å². The van der Waals surface area contributed by atoms with E-state index in [9.17, 15) is 0 Å². The molecule has 1 saturated heterocycles. The minimum Gasteiger partial charge on any atom is -0.238 e. The highest BCUT2D eigenvalue weighted by atomic mass is 15.2. The molecule has 1 aliphatic heterocycles. The van der Waals surface area contributed by atoms with E-state index >= 15 is 0 Å². The molecule has 1 heterocycles. The number of hydrogen-bond donors (Lipinski definition) is 0. The van der Waals surface area contributed by atoms with Gasteiger partial charge in [-0.05, 0) is 6.92 Å². The highest BCUT2D eigenvalue weighted by molar-refractivity contribution is 5.21. The average molecular weight is 96.2 g/mol. The van der Waals surface area contributed by atoms with Gasteiger partial charge in [0.05, 0.1) is 5.41 Å². The van der Waals surface area contributed by atoms with Gasteiger partial charge in [-0.25, -0.2) is 4.58 Å². The van der Waals surface area contributed by atoms with Gasteiger partial charge >= 0.3 is 0 Å². The maximum Gasteiger partial charge on any atom is 0.164 e. The van der Waals surface area contributed by atoms with E-state index in [1.165, 1.54) is 13.0 Å². The Hall–Kier alpha value is -0.330. The number of rotatable bonds is 0. The lowest BCUT2D eigenvalue weighted by molar-refractivity contribution is -0.600. The molecule has 1 nitrogen and oxygen atoms in total. The smallest absolute Gasteiger partial charge is 0.164 e. The van der Waals surface area contributed by atoms with Crippen LogP contribution in [0, 0.1) is 5.41 Å². The van der Waals surface area contributed by atoms with Crippen LogP contribution in [0.25, 0.3) is 0 Å². The summed E-state index contributed by atoms with van der Waals surface area (Å²) in [5.74, 6) is 0. The third-order valence-electron chi connectivity index (χ3n) is 2.31. The molecule has 0 aromatic carbocycles. The summed E-state index contributed by atoms with van der Waals surface area (Å²) in [6.07, 6.45) is 1.40. The van der Waals surface area contributed by atoms with Gasteiger partial charge in [0, 0.05) is 6.42 Å². The highest BCUT2D eigenvalue weighted by Gasteiger charge is 2.69. The van der Waals surface area contributed by atoms with Crippen LogP contribution in [0.2, 0.25) is 0 Å². The summed E-state index contributed by atoms with van der Waals surface area (Å²) in [6.45, 7) is 7.41. The Morgan fingerprint density at radius 3 is 2.57 bits per heavy atom. The molecule has 38 valence electrons. The van der Waals surface area contributed by atoms with E-state index in [1.54, 1.807) is 0 Å². The lowest BCUT2D eigenvalue weighted by atomic mass is 10.0. The molecule has 1 saturated carbocycles. The third-order valence-corrected chi connectivity index (χ3v) is 2.31. The van der Waals surface area contributed by atoms with Crippen LogP contribution in [0.15, 0.2) is 0 Å². The Morgan fingerprint density at radius 2 is 2.57 bits per heavy atom. The summed E-state index contributed by atoms with van der Waals surface area (Å²) in [5, 5.41) is 0. The van der Waals surface area contributed by atoms with Crippen molar-refractivity contribution in [3.63, 3.8) is 0 Å². The highest BCUT2D eigenvalue weighted by Crippen LogP contribution is 2.55. The van der Waals surface area contributed by atoms with Crippen molar-refractivity contribution in [2.45, 2.75) is 19.4 Å². The molecule has 1 aliphatic carbocycles. The van der Waals surface area contributed by atoms with Gasteiger partial charge in [-0.1, -0.05) is 0 Å². The van der Waals surface area contributed by atoms with Crippen molar-refractivity contribution >= 4 is 6.72 Å². The lowest BCUT2D eigenvalue weighted by Crippen LogP contribution is -2.35. The predicted octanol–water partition coefficient (Wildman–Crippen LogP) is 0.492. The van der Waals surface area contributed by atoms with Gasteiger partial charge in [-0.15, -0.1) is 0 Å². The zero-order chi connectivity index (χ0) is 5.07. The van der Waals surface area contributed by atoms with E-state index in [0.717, 1.165) is 11.5 Å². The normalized spacial score (nSPS) is 55.6. The fourth-order valence-corrected chi connectivity index (χ4v) is 1.58. The van der Waals surface area contributed by atoms with Crippen LogP contribution in [-0.2, 0) is 0 Å². The Bertz CT molecular complexity index is 139. The molecular weight excluding hydrogens is 86.1 g/mol. The molecule has 2 aliphatic rings. The summed E-state index contributed by atoms with van der Waals surface area (Å²) in [6, 6.07) is 0.868. The van der Waals surface area contributed by atoms with Gasteiger partial charge in [0.2, 0.25) is 0 Å². The van der Waals surface area contributed by atoms with E-state index < -0.39 is 0 Å². The second-order valence-corrected chi connectivity index (χ2v) is 3.12. The average Bonchev–Trinajstić information content (AvgIpc) is 2.10. The quantitative estimate of drug-likeness (QED) is 0.386. The lowest BCUT2D eigenvalue weighted by Gasteiger charge is -2.15. The van der Waals surface area contributed by atoms with E-state index in [-0.39, 0.29) is 0 Å². The van der Waals surface area contributed by atoms with Crippen LogP contribution in [0.5, 0.6) is 0 Å². The van der Waals surface area contributed by atoms with Gasteiger partial charge in [0.1, 0.15) is 6.72 Å². The maximum absolute atomic E-state index is 3.84. The minimum atomic E-state index is 0.724.